The maximum Gasteiger partial charge on any atom is 0.305 e. The van der Waals surface area contributed by atoms with E-state index in [9.17, 15) is 9.59 Å². The van der Waals surface area contributed by atoms with Crippen molar-refractivity contribution >= 4 is 11.9 Å². The van der Waals surface area contributed by atoms with Crippen LogP contribution in [0.1, 0.15) is 47.0 Å². The molecule has 0 radical (unpaired) electrons. The molecule has 0 aromatic rings. The van der Waals surface area contributed by atoms with Gasteiger partial charge in [0.15, 0.2) is 0 Å². The van der Waals surface area contributed by atoms with E-state index in [-0.39, 0.29) is 24.2 Å². The van der Waals surface area contributed by atoms with Crippen molar-refractivity contribution in [1.29, 1.82) is 0 Å². The van der Waals surface area contributed by atoms with Crippen LogP contribution in [-0.2, 0) is 14.3 Å². The van der Waals surface area contributed by atoms with Crippen molar-refractivity contribution in [3.63, 3.8) is 0 Å². The molecule has 0 unspecified atom stereocenters. The van der Waals surface area contributed by atoms with Gasteiger partial charge < -0.3 is 15.4 Å². The van der Waals surface area contributed by atoms with Crippen molar-refractivity contribution in [3.05, 3.63) is 0 Å². The number of amides is 1. The van der Waals surface area contributed by atoms with E-state index in [2.05, 4.69) is 4.74 Å². The van der Waals surface area contributed by atoms with Gasteiger partial charge in [0.25, 0.3) is 0 Å². The fourth-order valence-electron chi connectivity index (χ4n) is 2.19. The lowest BCUT2D eigenvalue weighted by atomic mass is 9.79. The number of ether oxygens (including phenoxy) is 1. The number of esters is 1. The van der Waals surface area contributed by atoms with E-state index >= 15 is 0 Å². The Hall–Kier alpha value is -1.10. The van der Waals surface area contributed by atoms with Crippen LogP contribution in [0.25, 0.3) is 0 Å². The summed E-state index contributed by atoms with van der Waals surface area (Å²) in [5.74, 6) is -0.535. The Morgan fingerprint density at radius 2 is 1.79 bits per heavy atom. The number of carbonyl (C=O) groups is 2. The molecule has 0 aromatic heterocycles. The Labute approximate surface area is 116 Å². The van der Waals surface area contributed by atoms with Crippen LogP contribution in [-0.4, -0.2) is 42.5 Å². The van der Waals surface area contributed by atoms with Crippen LogP contribution in [0.4, 0.5) is 0 Å². The van der Waals surface area contributed by atoms with E-state index in [4.69, 9.17) is 5.73 Å². The molecule has 2 atom stereocenters. The zero-order chi connectivity index (χ0) is 15.1. The first-order chi connectivity index (χ1) is 8.86. The van der Waals surface area contributed by atoms with E-state index in [0.717, 1.165) is 0 Å². The van der Waals surface area contributed by atoms with Gasteiger partial charge in [-0.1, -0.05) is 13.8 Å². The third-order valence-corrected chi connectivity index (χ3v) is 3.99. The van der Waals surface area contributed by atoms with E-state index < -0.39 is 5.54 Å². The highest BCUT2D eigenvalue weighted by molar-refractivity contribution is 5.80. The molecule has 0 aliphatic carbocycles. The Morgan fingerprint density at radius 3 is 2.16 bits per heavy atom. The van der Waals surface area contributed by atoms with Crippen molar-refractivity contribution in [3.8, 4) is 0 Å². The highest BCUT2D eigenvalue weighted by atomic mass is 16.5. The summed E-state index contributed by atoms with van der Waals surface area (Å²) < 4.78 is 4.63. The molecule has 19 heavy (non-hydrogen) atoms. The first-order valence-electron chi connectivity index (χ1n) is 7.00. The number of hydrogen-bond donors (Lipinski definition) is 1. The molecule has 0 rings (SSSR count). The number of methoxy groups -OCH3 is 1. The minimum atomic E-state index is -0.659. The van der Waals surface area contributed by atoms with Crippen molar-refractivity contribution < 1.29 is 14.3 Å². The van der Waals surface area contributed by atoms with E-state index in [1.807, 2.05) is 27.7 Å². The number of nitrogens with two attached hydrogens (primary N) is 1. The van der Waals surface area contributed by atoms with E-state index in [1.54, 1.807) is 4.90 Å². The molecule has 0 bridgehead atoms. The normalized spacial score (nSPS) is 15.5. The Bertz CT molecular complexity index is 303. The van der Waals surface area contributed by atoms with Crippen LogP contribution >= 0.6 is 0 Å². The van der Waals surface area contributed by atoms with Crippen molar-refractivity contribution in [2.75, 3.05) is 20.2 Å². The van der Waals surface area contributed by atoms with Gasteiger partial charge in [0, 0.05) is 25.0 Å². The molecule has 0 aliphatic heterocycles. The van der Waals surface area contributed by atoms with E-state index in [1.165, 1.54) is 7.11 Å². The lowest BCUT2D eigenvalue weighted by Gasteiger charge is -2.36. The minimum absolute atomic E-state index is 0.0548. The molecule has 0 aliphatic rings. The van der Waals surface area contributed by atoms with Gasteiger partial charge in [-0.3, -0.25) is 9.59 Å². The number of nitrogens with zero attached hydrogens (tertiary/aromatic N) is 1. The molecular weight excluding hydrogens is 244 g/mol. The summed E-state index contributed by atoms with van der Waals surface area (Å²) in [6.45, 7) is 9.05. The first-order valence-corrected chi connectivity index (χ1v) is 7.00. The summed E-state index contributed by atoms with van der Waals surface area (Å²) in [6.07, 6.45) is 1.36. The molecule has 2 N–H and O–H groups in total. The summed E-state index contributed by atoms with van der Waals surface area (Å²) in [5, 5.41) is 0. The van der Waals surface area contributed by atoms with Crippen LogP contribution in [0.2, 0.25) is 0 Å². The van der Waals surface area contributed by atoms with Gasteiger partial charge in [0.1, 0.15) is 0 Å². The topological polar surface area (TPSA) is 72.6 Å². The highest BCUT2D eigenvalue weighted by Gasteiger charge is 2.36. The van der Waals surface area contributed by atoms with Crippen molar-refractivity contribution in [2.24, 2.45) is 11.7 Å². The zero-order valence-corrected chi connectivity index (χ0v) is 12.9. The van der Waals surface area contributed by atoms with Crippen LogP contribution in [0.15, 0.2) is 0 Å². The quantitative estimate of drug-likeness (QED) is 0.680. The molecule has 1 amide bonds. The van der Waals surface area contributed by atoms with Crippen molar-refractivity contribution in [1.82, 2.24) is 4.90 Å². The lowest BCUT2D eigenvalue weighted by Crippen LogP contribution is -2.52. The standard InChI is InChI=1S/C14H28N2O3/c1-6-14(15,10-9-12(17)19-5)11(4)13(18)16(7-2)8-3/h11H,6-10,15H2,1-5H3/t11-,14+/m0/s1. The van der Waals surface area contributed by atoms with Crippen LogP contribution in [0.5, 0.6) is 0 Å². The fourth-order valence-corrected chi connectivity index (χ4v) is 2.19. The molecule has 0 saturated heterocycles. The SMILES string of the molecule is CCN(CC)C(=O)[C@H](C)[C@@](N)(CC)CCC(=O)OC. The molecule has 5 nitrogen and oxygen atoms in total. The monoisotopic (exact) mass is 272 g/mol. The molecule has 5 heteroatoms. The van der Waals surface area contributed by atoms with Gasteiger partial charge in [-0.25, -0.2) is 0 Å². The molecule has 0 spiro atoms. The first kappa shape index (κ1) is 17.9. The summed E-state index contributed by atoms with van der Waals surface area (Å²) in [7, 11) is 1.36. The molecule has 112 valence electrons. The number of hydrogen-bond acceptors (Lipinski definition) is 4. The maximum atomic E-state index is 12.4. The Balaban J connectivity index is 4.80. The molecule has 0 heterocycles. The second kappa shape index (κ2) is 8.15. The fraction of sp³-hybridized carbons (Fsp3) is 0.857. The Morgan fingerprint density at radius 1 is 1.26 bits per heavy atom. The van der Waals surface area contributed by atoms with Gasteiger partial charge in [-0.2, -0.15) is 0 Å². The van der Waals surface area contributed by atoms with Gasteiger partial charge in [0.2, 0.25) is 5.91 Å². The molecule has 0 aromatic carbocycles. The maximum absolute atomic E-state index is 12.4. The van der Waals surface area contributed by atoms with Crippen molar-refractivity contribution in [2.45, 2.75) is 52.5 Å². The van der Waals surface area contributed by atoms with Crippen LogP contribution in [0, 0.1) is 5.92 Å². The second-order valence-electron chi connectivity index (χ2n) is 4.90. The van der Waals surface area contributed by atoms with Gasteiger partial charge in [-0.15, -0.1) is 0 Å². The predicted octanol–water partition coefficient (Wildman–Crippen LogP) is 1.55. The smallest absolute Gasteiger partial charge is 0.305 e. The van der Waals surface area contributed by atoms with Gasteiger partial charge in [0.05, 0.1) is 13.0 Å². The zero-order valence-electron chi connectivity index (χ0n) is 12.9. The highest BCUT2D eigenvalue weighted by Crippen LogP contribution is 2.26. The average molecular weight is 272 g/mol. The number of carbonyl (C=O) groups excluding carboxylic acids is 2. The van der Waals surface area contributed by atoms with Gasteiger partial charge >= 0.3 is 5.97 Å². The predicted molar refractivity (Wildman–Crippen MR) is 75.6 cm³/mol. The largest absolute Gasteiger partial charge is 0.469 e. The average Bonchev–Trinajstić information content (AvgIpc) is 2.44. The molecule has 0 fully saturated rings. The van der Waals surface area contributed by atoms with Crippen LogP contribution < -0.4 is 5.73 Å². The van der Waals surface area contributed by atoms with E-state index in [0.29, 0.717) is 25.9 Å². The molecule has 0 saturated carbocycles. The van der Waals surface area contributed by atoms with Gasteiger partial charge in [-0.05, 0) is 26.7 Å². The second-order valence-corrected chi connectivity index (χ2v) is 4.90. The summed E-state index contributed by atoms with van der Waals surface area (Å²) in [6, 6.07) is 0. The summed E-state index contributed by atoms with van der Waals surface area (Å²) in [5.41, 5.74) is 5.68. The van der Waals surface area contributed by atoms with Crippen LogP contribution in [0.3, 0.4) is 0 Å². The third kappa shape index (κ3) is 4.82. The Kier molecular flexibility index (Phi) is 7.68. The third-order valence-electron chi connectivity index (χ3n) is 3.99. The lowest BCUT2D eigenvalue weighted by molar-refractivity contribution is -0.142. The summed E-state index contributed by atoms with van der Waals surface area (Å²) >= 11 is 0. The number of rotatable bonds is 8. The minimum Gasteiger partial charge on any atom is -0.469 e. The summed E-state index contributed by atoms with van der Waals surface area (Å²) in [4.78, 5) is 25.4. The molecular formula is C14H28N2O3.